The summed E-state index contributed by atoms with van der Waals surface area (Å²) in [6.07, 6.45) is 1.61. The zero-order chi connectivity index (χ0) is 25.7. The fourth-order valence-electron chi connectivity index (χ4n) is 4.34. The van der Waals surface area contributed by atoms with Crippen LogP contribution < -0.4 is 0 Å². The fourth-order valence-corrected chi connectivity index (χ4v) is 4.34. The van der Waals surface area contributed by atoms with Gasteiger partial charge in [-0.1, -0.05) is 48.5 Å². The molecule has 0 saturated carbocycles. The predicted octanol–water partition coefficient (Wildman–Crippen LogP) is 5.39. The van der Waals surface area contributed by atoms with Crippen LogP contribution in [-0.2, 0) is 11.8 Å². The summed E-state index contributed by atoms with van der Waals surface area (Å²) >= 11 is 0. The van der Waals surface area contributed by atoms with Crippen molar-refractivity contribution in [2.45, 2.75) is 33.7 Å². The Hall–Kier alpha value is -3.93. The fraction of sp³-hybridized carbons (Fsp3) is 0.276. The van der Waals surface area contributed by atoms with Gasteiger partial charge >= 0.3 is 5.97 Å². The minimum absolute atomic E-state index is 0.210. The lowest BCUT2D eigenvalue weighted by atomic mass is 9.98. The molecule has 0 aliphatic heterocycles. The Bertz CT molecular complexity index is 1240. The molecule has 1 heterocycles. The van der Waals surface area contributed by atoms with Gasteiger partial charge in [-0.25, -0.2) is 4.79 Å². The molecule has 0 N–H and O–H groups in total. The Labute approximate surface area is 206 Å². The minimum Gasteiger partial charge on any atom is -0.461 e. The van der Waals surface area contributed by atoms with Crippen LogP contribution in [0, 0.1) is 13.8 Å². The van der Waals surface area contributed by atoms with E-state index in [4.69, 9.17) is 4.74 Å². The lowest BCUT2D eigenvalue weighted by molar-refractivity contribution is 0.0513. The molecule has 182 valence electrons. The first-order valence-electron chi connectivity index (χ1n) is 11.7. The first kappa shape index (κ1) is 25.7. The van der Waals surface area contributed by atoms with Crippen LogP contribution in [0.4, 0.5) is 0 Å². The predicted molar refractivity (Wildman–Crippen MR) is 138 cm³/mol. The summed E-state index contributed by atoms with van der Waals surface area (Å²) in [5.41, 5.74) is 4.54. The zero-order valence-electron chi connectivity index (χ0n) is 21.0. The van der Waals surface area contributed by atoms with Gasteiger partial charge in [0, 0.05) is 30.4 Å². The third-order valence-electron chi connectivity index (χ3n) is 6.32. The monoisotopic (exact) mass is 472 g/mol. The van der Waals surface area contributed by atoms with Gasteiger partial charge in [0.05, 0.1) is 12.6 Å². The van der Waals surface area contributed by atoms with Crippen molar-refractivity contribution in [3.05, 3.63) is 95.3 Å². The summed E-state index contributed by atoms with van der Waals surface area (Å²) in [5, 5.41) is 0. The minimum atomic E-state index is -0.760. The second kappa shape index (κ2) is 11.0. The topological polar surface area (TPSA) is 68.6 Å². The van der Waals surface area contributed by atoms with E-state index in [9.17, 15) is 14.4 Å². The maximum Gasteiger partial charge on any atom is 0.355 e. The highest BCUT2D eigenvalue weighted by atomic mass is 16.5. The van der Waals surface area contributed by atoms with Gasteiger partial charge in [-0.2, -0.15) is 0 Å². The number of Topliss-reactive ketones (excluding diaryl/α,β-unsaturated/α-hetero) is 1. The number of carbonyl (C=O) groups is 3. The molecule has 35 heavy (non-hydrogen) atoms. The van der Waals surface area contributed by atoms with Gasteiger partial charge in [0.25, 0.3) is 5.91 Å². The number of hydrogen-bond acceptors (Lipinski definition) is 4. The van der Waals surface area contributed by atoms with Crippen molar-refractivity contribution in [3.63, 3.8) is 0 Å². The van der Waals surface area contributed by atoms with Gasteiger partial charge in [-0.05, 0) is 56.5 Å². The molecule has 0 aliphatic carbocycles. The second-order valence-corrected chi connectivity index (χ2v) is 8.44. The first-order chi connectivity index (χ1) is 16.7. The van der Waals surface area contributed by atoms with Gasteiger partial charge in [0.15, 0.2) is 5.78 Å². The standard InChI is InChI=1S/C29H32N2O4/c1-7-18-31(28(33)24-16-14-23(15-17-24)22-12-10-9-11-13-22)21(5)27(32)25-19(3)26(29(34)35-8-2)30(6)20(25)4/h7,9-17,21H,1,8,18H2,2-6H3. The normalized spacial score (nSPS) is 11.6. The third kappa shape index (κ3) is 5.11. The van der Waals surface area contributed by atoms with Crippen LogP contribution in [0.2, 0.25) is 0 Å². The largest absolute Gasteiger partial charge is 0.461 e. The first-order valence-corrected chi connectivity index (χ1v) is 11.7. The van der Waals surface area contributed by atoms with E-state index in [0.29, 0.717) is 28.1 Å². The highest BCUT2D eigenvalue weighted by Gasteiger charge is 2.32. The number of hydrogen-bond donors (Lipinski definition) is 0. The summed E-state index contributed by atoms with van der Waals surface area (Å²) in [6, 6.07) is 16.5. The third-order valence-corrected chi connectivity index (χ3v) is 6.32. The number of ether oxygens (including phenoxy) is 1. The average molecular weight is 473 g/mol. The second-order valence-electron chi connectivity index (χ2n) is 8.44. The van der Waals surface area contributed by atoms with E-state index in [2.05, 4.69) is 6.58 Å². The molecule has 1 atom stereocenters. The molecular formula is C29H32N2O4. The Morgan fingerprint density at radius 1 is 1.03 bits per heavy atom. The SMILES string of the molecule is C=CCN(C(=O)c1ccc(-c2ccccc2)cc1)C(C)C(=O)c1c(C)c(C(=O)OCC)n(C)c1C. The van der Waals surface area contributed by atoms with Crippen LogP contribution in [0.15, 0.2) is 67.3 Å². The molecule has 0 radical (unpaired) electrons. The molecule has 3 rings (SSSR count). The maximum atomic E-state index is 13.6. The van der Waals surface area contributed by atoms with Crippen LogP contribution in [-0.4, -0.2) is 46.3 Å². The molecule has 1 aromatic heterocycles. The van der Waals surface area contributed by atoms with E-state index < -0.39 is 12.0 Å². The molecular weight excluding hydrogens is 440 g/mol. The van der Waals surface area contributed by atoms with Crippen LogP contribution in [0.25, 0.3) is 11.1 Å². The van der Waals surface area contributed by atoms with Gasteiger partial charge in [0.2, 0.25) is 0 Å². The smallest absolute Gasteiger partial charge is 0.355 e. The van der Waals surface area contributed by atoms with Crippen LogP contribution >= 0.6 is 0 Å². The van der Waals surface area contributed by atoms with E-state index in [1.54, 1.807) is 57.5 Å². The quantitative estimate of drug-likeness (QED) is 0.238. The summed E-state index contributed by atoms with van der Waals surface area (Å²) in [4.78, 5) is 41.0. The number of rotatable bonds is 9. The van der Waals surface area contributed by atoms with E-state index >= 15 is 0 Å². The highest BCUT2D eigenvalue weighted by Crippen LogP contribution is 2.26. The van der Waals surface area contributed by atoms with E-state index in [0.717, 1.165) is 11.1 Å². The molecule has 6 heteroatoms. The average Bonchev–Trinajstić information content (AvgIpc) is 3.09. The number of nitrogens with zero attached hydrogens (tertiary/aromatic N) is 2. The Balaban J connectivity index is 1.91. The number of aromatic nitrogens is 1. The highest BCUT2D eigenvalue weighted by molar-refractivity contribution is 6.07. The van der Waals surface area contributed by atoms with Crippen molar-refractivity contribution in [1.82, 2.24) is 9.47 Å². The van der Waals surface area contributed by atoms with Crippen molar-refractivity contribution in [1.29, 1.82) is 0 Å². The lowest BCUT2D eigenvalue weighted by Gasteiger charge is -2.27. The van der Waals surface area contributed by atoms with Gasteiger partial charge in [0.1, 0.15) is 5.69 Å². The summed E-state index contributed by atoms with van der Waals surface area (Å²) in [5.74, 6) is -0.968. The number of esters is 1. The molecule has 0 spiro atoms. The van der Waals surface area contributed by atoms with Gasteiger partial charge < -0.3 is 14.2 Å². The number of benzene rings is 2. The molecule has 6 nitrogen and oxygen atoms in total. The summed E-state index contributed by atoms with van der Waals surface area (Å²) < 4.78 is 6.85. The lowest BCUT2D eigenvalue weighted by Crippen LogP contribution is -2.43. The molecule has 3 aromatic rings. The molecule has 0 fully saturated rings. The summed E-state index contributed by atoms with van der Waals surface area (Å²) in [6.45, 7) is 11.2. The number of amides is 1. The van der Waals surface area contributed by atoms with E-state index in [-0.39, 0.29) is 24.8 Å². The van der Waals surface area contributed by atoms with E-state index in [1.807, 2.05) is 42.5 Å². The van der Waals surface area contributed by atoms with Gasteiger partial charge in [-0.3, -0.25) is 9.59 Å². The molecule has 1 amide bonds. The Kier molecular flexibility index (Phi) is 8.07. The van der Waals surface area contributed by atoms with Crippen molar-refractivity contribution in [2.24, 2.45) is 7.05 Å². The zero-order valence-corrected chi connectivity index (χ0v) is 21.0. The van der Waals surface area contributed by atoms with Crippen LogP contribution in [0.5, 0.6) is 0 Å². The van der Waals surface area contributed by atoms with Crippen molar-refractivity contribution in [3.8, 4) is 11.1 Å². The number of carbonyl (C=O) groups excluding carboxylic acids is 3. The molecule has 2 aromatic carbocycles. The molecule has 1 unspecified atom stereocenters. The van der Waals surface area contributed by atoms with Crippen molar-refractivity contribution >= 4 is 17.7 Å². The van der Waals surface area contributed by atoms with Crippen molar-refractivity contribution in [2.75, 3.05) is 13.2 Å². The molecule has 0 saturated heterocycles. The molecule has 0 aliphatic rings. The summed E-state index contributed by atoms with van der Waals surface area (Å²) in [7, 11) is 1.73. The van der Waals surface area contributed by atoms with Crippen molar-refractivity contribution < 1.29 is 19.1 Å². The van der Waals surface area contributed by atoms with Crippen LogP contribution in [0.1, 0.15) is 56.3 Å². The maximum absolute atomic E-state index is 13.6. The van der Waals surface area contributed by atoms with Crippen LogP contribution in [0.3, 0.4) is 0 Å². The van der Waals surface area contributed by atoms with E-state index in [1.165, 1.54) is 4.90 Å². The molecule has 0 bridgehead atoms. The Morgan fingerprint density at radius 2 is 1.63 bits per heavy atom. The number of ketones is 1. The van der Waals surface area contributed by atoms with Gasteiger partial charge in [-0.15, -0.1) is 6.58 Å². The Morgan fingerprint density at radius 3 is 2.20 bits per heavy atom.